The van der Waals surface area contributed by atoms with Crippen LogP contribution in [0.25, 0.3) is 0 Å². The maximum atomic E-state index is 12.5. The Kier molecular flexibility index (Phi) is 4.43. The quantitative estimate of drug-likeness (QED) is 0.902. The third-order valence-electron chi connectivity index (χ3n) is 4.67. The maximum absolute atomic E-state index is 12.5. The van der Waals surface area contributed by atoms with Gasteiger partial charge in [-0.3, -0.25) is 0 Å². The van der Waals surface area contributed by atoms with Gasteiger partial charge in [0.2, 0.25) is 10.9 Å². The summed E-state index contributed by atoms with van der Waals surface area (Å²) in [6, 6.07) is 2.38. The molecule has 1 fully saturated rings. The van der Waals surface area contributed by atoms with Crippen molar-refractivity contribution in [2.45, 2.75) is 44.6 Å². The molecule has 1 aliphatic heterocycles. The molecule has 6 nitrogen and oxygen atoms in total. The third kappa shape index (κ3) is 2.98. The Balaban J connectivity index is 2.16. The van der Waals surface area contributed by atoms with E-state index in [4.69, 9.17) is 9.52 Å². The monoisotopic (exact) mass is 315 g/mol. The Morgan fingerprint density at radius 3 is 2.29 bits per heavy atom. The van der Waals surface area contributed by atoms with Gasteiger partial charge in [0.25, 0.3) is 10.0 Å². The van der Waals surface area contributed by atoms with Crippen LogP contribution in [0.2, 0.25) is 0 Å². The highest BCUT2D eigenvalue weighted by atomic mass is 32.2. The molecular formula is C14H21NO5S. The smallest absolute Gasteiger partial charge is 0.371 e. The Morgan fingerprint density at radius 1 is 1.29 bits per heavy atom. The number of nitrogens with zero attached hydrogens (tertiary/aromatic N) is 1. The SMILES string of the molecule is CCC1(CC)CCN(S(=O)(=O)c2ccc(C(=O)O)o2)CC1. The molecule has 0 atom stereocenters. The summed E-state index contributed by atoms with van der Waals surface area (Å²) in [6.07, 6.45) is 3.74. The van der Waals surface area contributed by atoms with E-state index in [2.05, 4.69) is 13.8 Å². The lowest BCUT2D eigenvalue weighted by atomic mass is 9.75. The molecule has 1 saturated heterocycles. The van der Waals surface area contributed by atoms with Crippen LogP contribution in [0.15, 0.2) is 21.6 Å². The molecule has 0 aliphatic carbocycles. The van der Waals surface area contributed by atoms with Crippen LogP contribution in [0.1, 0.15) is 50.1 Å². The number of aromatic carboxylic acids is 1. The van der Waals surface area contributed by atoms with Crippen molar-refractivity contribution in [2.24, 2.45) is 5.41 Å². The molecular weight excluding hydrogens is 294 g/mol. The molecule has 0 amide bonds. The van der Waals surface area contributed by atoms with Crippen LogP contribution in [0, 0.1) is 5.41 Å². The average molecular weight is 315 g/mol. The van der Waals surface area contributed by atoms with Gasteiger partial charge < -0.3 is 9.52 Å². The second-order valence-corrected chi connectivity index (χ2v) is 7.40. The minimum Gasteiger partial charge on any atom is -0.475 e. The van der Waals surface area contributed by atoms with Crippen molar-refractivity contribution in [1.29, 1.82) is 0 Å². The van der Waals surface area contributed by atoms with E-state index in [0.29, 0.717) is 13.1 Å². The Morgan fingerprint density at radius 2 is 1.86 bits per heavy atom. The lowest BCUT2D eigenvalue weighted by molar-refractivity contribution is 0.0656. The van der Waals surface area contributed by atoms with Gasteiger partial charge in [0.1, 0.15) is 0 Å². The summed E-state index contributed by atoms with van der Waals surface area (Å²) < 4.78 is 31.2. The fourth-order valence-corrected chi connectivity index (χ4v) is 4.21. The summed E-state index contributed by atoms with van der Waals surface area (Å²) in [5, 5.41) is 8.51. The number of piperidine rings is 1. The molecule has 0 radical (unpaired) electrons. The predicted octanol–water partition coefficient (Wildman–Crippen LogP) is 2.57. The summed E-state index contributed by atoms with van der Waals surface area (Å²) in [7, 11) is -3.74. The van der Waals surface area contributed by atoms with Gasteiger partial charge in [-0.15, -0.1) is 0 Å². The van der Waals surface area contributed by atoms with E-state index in [1.165, 1.54) is 16.4 Å². The van der Waals surface area contributed by atoms with Crippen molar-refractivity contribution < 1.29 is 22.7 Å². The van der Waals surface area contributed by atoms with Crippen LogP contribution < -0.4 is 0 Å². The summed E-state index contributed by atoms with van der Waals surface area (Å²) in [6.45, 7) is 5.18. The largest absolute Gasteiger partial charge is 0.475 e. The maximum Gasteiger partial charge on any atom is 0.371 e. The van der Waals surface area contributed by atoms with Crippen molar-refractivity contribution in [3.8, 4) is 0 Å². The third-order valence-corrected chi connectivity index (χ3v) is 6.44. The predicted molar refractivity (Wildman–Crippen MR) is 76.7 cm³/mol. The van der Waals surface area contributed by atoms with E-state index >= 15 is 0 Å². The van der Waals surface area contributed by atoms with E-state index in [1.54, 1.807) is 0 Å². The van der Waals surface area contributed by atoms with Gasteiger partial charge in [-0.05, 0) is 30.4 Å². The lowest BCUT2D eigenvalue weighted by Gasteiger charge is -2.39. The molecule has 0 spiro atoms. The van der Waals surface area contributed by atoms with Crippen molar-refractivity contribution in [1.82, 2.24) is 4.31 Å². The molecule has 2 rings (SSSR count). The minimum absolute atomic E-state index is 0.224. The molecule has 2 heterocycles. The fourth-order valence-electron chi connectivity index (χ4n) is 2.86. The molecule has 0 aromatic carbocycles. The molecule has 0 bridgehead atoms. The van der Waals surface area contributed by atoms with Gasteiger partial charge in [-0.25, -0.2) is 13.2 Å². The lowest BCUT2D eigenvalue weighted by Crippen LogP contribution is -2.42. The van der Waals surface area contributed by atoms with Crippen molar-refractivity contribution in [3.05, 3.63) is 17.9 Å². The van der Waals surface area contributed by atoms with Crippen molar-refractivity contribution in [2.75, 3.05) is 13.1 Å². The number of hydrogen-bond acceptors (Lipinski definition) is 4. The number of furan rings is 1. The number of carbonyl (C=O) groups is 1. The van der Waals surface area contributed by atoms with E-state index in [9.17, 15) is 13.2 Å². The Hall–Kier alpha value is -1.34. The minimum atomic E-state index is -3.74. The highest BCUT2D eigenvalue weighted by molar-refractivity contribution is 7.89. The van der Waals surface area contributed by atoms with E-state index in [1.807, 2.05) is 0 Å². The standard InChI is InChI=1S/C14H21NO5S/c1-3-14(4-2)7-9-15(10-8-14)21(18,19)12-6-5-11(20-12)13(16)17/h5-6H,3-4,7-10H2,1-2H3,(H,16,17). The summed E-state index contributed by atoms with van der Waals surface area (Å²) in [5.41, 5.74) is 0.224. The van der Waals surface area contributed by atoms with Gasteiger partial charge in [0, 0.05) is 13.1 Å². The number of carboxylic acid groups (broad SMARTS) is 1. The van der Waals surface area contributed by atoms with Gasteiger partial charge in [0.05, 0.1) is 0 Å². The molecule has 1 N–H and O–H groups in total. The number of rotatable bonds is 5. The second kappa shape index (κ2) is 5.81. The van der Waals surface area contributed by atoms with Gasteiger partial charge in [0.15, 0.2) is 0 Å². The molecule has 0 saturated carbocycles. The van der Waals surface area contributed by atoms with Gasteiger partial charge in [-0.2, -0.15) is 4.31 Å². The van der Waals surface area contributed by atoms with Crippen LogP contribution in [0.5, 0.6) is 0 Å². The zero-order chi connectivity index (χ0) is 15.7. The van der Waals surface area contributed by atoms with Gasteiger partial charge >= 0.3 is 5.97 Å². The van der Waals surface area contributed by atoms with Crippen molar-refractivity contribution in [3.63, 3.8) is 0 Å². The molecule has 0 unspecified atom stereocenters. The zero-order valence-corrected chi connectivity index (χ0v) is 13.1. The first-order chi connectivity index (χ1) is 9.84. The van der Waals surface area contributed by atoms with Crippen LogP contribution >= 0.6 is 0 Å². The first kappa shape index (κ1) is 16.0. The molecule has 1 aromatic rings. The van der Waals surface area contributed by atoms with Crippen LogP contribution in [-0.2, 0) is 10.0 Å². The van der Waals surface area contributed by atoms with Gasteiger partial charge in [-0.1, -0.05) is 26.7 Å². The first-order valence-electron chi connectivity index (χ1n) is 7.18. The van der Waals surface area contributed by atoms with E-state index in [0.717, 1.165) is 25.7 Å². The zero-order valence-electron chi connectivity index (χ0n) is 12.3. The summed E-state index contributed by atoms with van der Waals surface area (Å²) in [5.74, 6) is -1.63. The normalized spacial score (nSPS) is 19.5. The highest BCUT2D eigenvalue weighted by Gasteiger charge is 2.37. The van der Waals surface area contributed by atoms with Crippen LogP contribution in [0.4, 0.5) is 0 Å². The molecule has 7 heteroatoms. The first-order valence-corrected chi connectivity index (χ1v) is 8.62. The number of sulfonamides is 1. The molecule has 1 aromatic heterocycles. The second-order valence-electron chi connectivity index (χ2n) is 5.54. The Labute approximate surface area is 124 Å². The summed E-state index contributed by atoms with van der Waals surface area (Å²) in [4.78, 5) is 10.8. The highest BCUT2D eigenvalue weighted by Crippen LogP contribution is 2.39. The fraction of sp³-hybridized carbons (Fsp3) is 0.643. The summed E-state index contributed by atoms with van der Waals surface area (Å²) >= 11 is 0. The van der Waals surface area contributed by atoms with Crippen LogP contribution in [-0.4, -0.2) is 36.9 Å². The number of carboxylic acids is 1. The topological polar surface area (TPSA) is 87.8 Å². The molecule has 21 heavy (non-hydrogen) atoms. The van der Waals surface area contributed by atoms with E-state index in [-0.39, 0.29) is 16.3 Å². The van der Waals surface area contributed by atoms with Crippen LogP contribution in [0.3, 0.4) is 0 Å². The van der Waals surface area contributed by atoms with Crippen molar-refractivity contribution >= 4 is 16.0 Å². The Bertz CT molecular complexity index is 605. The average Bonchev–Trinajstić information content (AvgIpc) is 2.98. The van der Waals surface area contributed by atoms with E-state index < -0.39 is 16.0 Å². The molecule has 118 valence electrons. The number of hydrogen-bond donors (Lipinski definition) is 1. The molecule has 1 aliphatic rings.